The molecule has 1 aromatic rings. The number of carbonyl (C=O) groups is 1. The zero-order chi connectivity index (χ0) is 17.8. The first kappa shape index (κ1) is 16.8. The van der Waals surface area contributed by atoms with Gasteiger partial charge in [-0.1, -0.05) is 0 Å². The van der Waals surface area contributed by atoms with Gasteiger partial charge in [-0.05, 0) is 24.3 Å². The summed E-state index contributed by atoms with van der Waals surface area (Å²) in [7, 11) is -3.82. The van der Waals surface area contributed by atoms with Gasteiger partial charge in [-0.3, -0.25) is 0 Å². The third-order valence-corrected chi connectivity index (χ3v) is 5.85. The van der Waals surface area contributed by atoms with Gasteiger partial charge in [0.15, 0.2) is 0 Å². The van der Waals surface area contributed by atoms with Crippen LogP contribution in [-0.2, 0) is 10.0 Å². The van der Waals surface area contributed by atoms with Crippen molar-refractivity contribution in [3.05, 3.63) is 24.3 Å². The average Bonchev–Trinajstić information content (AvgIpc) is 2.33. The fourth-order valence-corrected chi connectivity index (χ4v) is 4.60. The second kappa shape index (κ2) is 5.24. The highest BCUT2D eigenvalue weighted by molar-refractivity contribution is 7.89. The molecule has 2 aliphatic rings. The molecule has 24 heavy (non-hydrogen) atoms. The van der Waals surface area contributed by atoms with E-state index in [1.54, 1.807) is 0 Å². The molecule has 2 saturated heterocycles. The van der Waals surface area contributed by atoms with Crippen LogP contribution in [0.5, 0.6) is 5.75 Å². The van der Waals surface area contributed by atoms with Gasteiger partial charge in [0.1, 0.15) is 5.75 Å². The Balaban J connectivity index is 1.64. The summed E-state index contributed by atoms with van der Waals surface area (Å²) in [4.78, 5) is 11.8. The number of hydrogen-bond acceptors (Lipinski definition) is 4. The maximum absolute atomic E-state index is 12.4. The number of benzene rings is 1. The molecule has 1 aromatic carbocycles. The summed E-state index contributed by atoms with van der Waals surface area (Å²) < 4.78 is 65.9. The van der Waals surface area contributed by atoms with E-state index in [1.807, 2.05) is 0 Å². The number of likely N-dealkylation sites (tertiary alicyclic amines) is 1. The molecule has 1 amide bonds. The highest BCUT2D eigenvalue weighted by Crippen LogP contribution is 2.42. The second-order valence-corrected chi connectivity index (χ2v) is 7.87. The molecule has 1 spiro atoms. The van der Waals surface area contributed by atoms with E-state index in [0.29, 0.717) is 0 Å². The highest BCUT2D eigenvalue weighted by Gasteiger charge is 2.56. The lowest BCUT2D eigenvalue weighted by Gasteiger charge is -2.58. The number of hydrogen-bond donors (Lipinski definition) is 1. The minimum Gasteiger partial charge on any atom is -0.465 e. The van der Waals surface area contributed by atoms with Crippen molar-refractivity contribution in [1.29, 1.82) is 0 Å². The number of amides is 1. The molecule has 132 valence electrons. The number of nitrogens with zero attached hydrogens (tertiary/aromatic N) is 2. The number of carboxylic acid groups (broad SMARTS) is 1. The van der Waals surface area contributed by atoms with E-state index in [0.717, 1.165) is 24.3 Å². The van der Waals surface area contributed by atoms with Gasteiger partial charge in [-0.15, -0.1) is 13.2 Å². The van der Waals surface area contributed by atoms with Crippen LogP contribution in [0.4, 0.5) is 18.0 Å². The fourth-order valence-electron chi connectivity index (χ4n) is 2.93. The van der Waals surface area contributed by atoms with Gasteiger partial charge < -0.3 is 14.7 Å². The quantitative estimate of drug-likeness (QED) is 0.878. The van der Waals surface area contributed by atoms with Crippen molar-refractivity contribution in [2.75, 3.05) is 26.2 Å². The van der Waals surface area contributed by atoms with E-state index in [9.17, 15) is 26.4 Å². The Morgan fingerprint density at radius 1 is 1.12 bits per heavy atom. The van der Waals surface area contributed by atoms with Crippen molar-refractivity contribution in [1.82, 2.24) is 9.21 Å². The van der Waals surface area contributed by atoms with Crippen molar-refractivity contribution < 1.29 is 36.2 Å². The summed E-state index contributed by atoms with van der Waals surface area (Å²) in [5, 5.41) is 8.80. The average molecular weight is 366 g/mol. The molecule has 3 rings (SSSR count). The van der Waals surface area contributed by atoms with Crippen LogP contribution in [-0.4, -0.2) is 61.4 Å². The van der Waals surface area contributed by atoms with Gasteiger partial charge in [0, 0.05) is 31.6 Å². The van der Waals surface area contributed by atoms with E-state index in [1.165, 1.54) is 9.21 Å². The first-order valence-corrected chi connectivity index (χ1v) is 8.29. The van der Waals surface area contributed by atoms with Gasteiger partial charge >= 0.3 is 12.5 Å². The Bertz CT molecular complexity index is 749. The minimum absolute atomic E-state index is 0.138. The number of rotatable bonds is 3. The van der Waals surface area contributed by atoms with Gasteiger partial charge in [0.25, 0.3) is 0 Å². The lowest BCUT2D eigenvalue weighted by atomic mass is 9.75. The predicted octanol–water partition coefficient (Wildman–Crippen LogP) is 1.57. The topological polar surface area (TPSA) is 87.2 Å². The van der Waals surface area contributed by atoms with Gasteiger partial charge in [0.05, 0.1) is 4.90 Å². The normalized spacial score (nSPS) is 20.4. The molecule has 2 heterocycles. The van der Waals surface area contributed by atoms with Gasteiger partial charge in [-0.25, -0.2) is 13.2 Å². The van der Waals surface area contributed by atoms with Crippen molar-refractivity contribution in [2.45, 2.75) is 11.3 Å². The lowest BCUT2D eigenvalue weighted by molar-refractivity contribution is -0.274. The predicted molar refractivity (Wildman–Crippen MR) is 73.9 cm³/mol. The molecule has 0 radical (unpaired) electrons. The minimum atomic E-state index is -4.84. The van der Waals surface area contributed by atoms with E-state index >= 15 is 0 Å². The van der Waals surface area contributed by atoms with E-state index in [2.05, 4.69) is 4.74 Å². The molecule has 0 aromatic heterocycles. The van der Waals surface area contributed by atoms with Gasteiger partial charge in [-0.2, -0.15) is 4.31 Å². The Morgan fingerprint density at radius 3 is 2.12 bits per heavy atom. The maximum atomic E-state index is 12.4. The maximum Gasteiger partial charge on any atom is 0.573 e. The summed E-state index contributed by atoms with van der Waals surface area (Å²) in [6, 6.07) is 3.97. The van der Waals surface area contributed by atoms with E-state index < -0.39 is 28.2 Å². The molecular weight excluding hydrogens is 353 g/mol. The van der Waals surface area contributed by atoms with Crippen molar-refractivity contribution in [3.63, 3.8) is 0 Å². The standard InChI is InChI=1S/C13H13F3N2O5S/c14-13(15,16)23-9-1-3-10(4-2-9)24(21,22)18-7-12(8-18)5-17(6-12)11(19)20/h1-4H,5-8H2,(H,19,20). The molecule has 11 heteroatoms. The van der Waals surface area contributed by atoms with Crippen LogP contribution < -0.4 is 4.74 Å². The molecule has 0 aliphatic carbocycles. The summed E-state index contributed by atoms with van der Waals surface area (Å²) in [6.45, 7) is 0.958. The molecule has 1 N–H and O–H groups in total. The highest BCUT2D eigenvalue weighted by atomic mass is 32.2. The summed E-state index contributed by atoms with van der Waals surface area (Å²) in [6.07, 6.45) is -5.88. The smallest absolute Gasteiger partial charge is 0.465 e. The molecule has 2 fully saturated rings. The van der Waals surface area contributed by atoms with Crippen molar-refractivity contribution in [3.8, 4) is 5.75 Å². The summed E-state index contributed by atoms with van der Waals surface area (Å²) in [5.74, 6) is -0.502. The first-order chi connectivity index (χ1) is 11.0. The lowest BCUT2D eigenvalue weighted by Crippen LogP contribution is -2.73. The third kappa shape index (κ3) is 3.00. The van der Waals surface area contributed by atoms with Crippen LogP contribution in [0.2, 0.25) is 0 Å². The molecular formula is C13H13F3N2O5S. The first-order valence-electron chi connectivity index (χ1n) is 6.85. The van der Waals surface area contributed by atoms with Crippen LogP contribution >= 0.6 is 0 Å². The molecule has 2 aliphatic heterocycles. The zero-order valence-electron chi connectivity index (χ0n) is 12.2. The van der Waals surface area contributed by atoms with Crippen molar-refractivity contribution in [2.24, 2.45) is 5.41 Å². The van der Waals surface area contributed by atoms with Crippen LogP contribution in [0.25, 0.3) is 0 Å². The molecule has 0 saturated carbocycles. The molecule has 0 atom stereocenters. The van der Waals surface area contributed by atoms with Crippen LogP contribution in [0, 0.1) is 5.41 Å². The van der Waals surface area contributed by atoms with Gasteiger partial charge in [0.2, 0.25) is 10.0 Å². The Morgan fingerprint density at radius 2 is 1.67 bits per heavy atom. The summed E-state index contributed by atoms with van der Waals surface area (Å²) in [5.41, 5.74) is -0.342. The third-order valence-electron chi connectivity index (χ3n) is 4.04. The zero-order valence-corrected chi connectivity index (χ0v) is 13.0. The molecule has 0 unspecified atom stereocenters. The summed E-state index contributed by atoms with van der Waals surface area (Å²) >= 11 is 0. The van der Waals surface area contributed by atoms with E-state index in [4.69, 9.17) is 5.11 Å². The van der Waals surface area contributed by atoms with Crippen LogP contribution in [0.15, 0.2) is 29.2 Å². The number of alkyl halides is 3. The Kier molecular flexibility index (Phi) is 3.68. The Labute approximate surface area is 135 Å². The largest absolute Gasteiger partial charge is 0.573 e. The van der Waals surface area contributed by atoms with Crippen LogP contribution in [0.3, 0.4) is 0 Å². The van der Waals surface area contributed by atoms with Crippen LogP contribution in [0.1, 0.15) is 0 Å². The molecule has 0 bridgehead atoms. The second-order valence-electron chi connectivity index (χ2n) is 5.93. The molecule has 7 nitrogen and oxygen atoms in total. The SMILES string of the molecule is O=C(O)N1CC2(C1)CN(S(=O)(=O)c1ccc(OC(F)(F)F)cc1)C2. The Hall–Kier alpha value is -2.01. The van der Waals surface area contributed by atoms with Crippen molar-refractivity contribution >= 4 is 16.1 Å². The van der Waals surface area contributed by atoms with E-state index in [-0.39, 0.29) is 36.5 Å². The number of halogens is 3. The monoisotopic (exact) mass is 366 g/mol. The number of ether oxygens (including phenoxy) is 1. The number of sulfonamides is 1. The fraction of sp³-hybridized carbons (Fsp3) is 0.462.